The molecule has 0 aliphatic rings. The number of hydrogen-bond acceptors (Lipinski definition) is 4. The molecule has 150 valence electrons. The van der Waals surface area contributed by atoms with E-state index in [-0.39, 0.29) is 17.7 Å². The summed E-state index contributed by atoms with van der Waals surface area (Å²) in [4.78, 5) is 16.7. The smallest absolute Gasteiger partial charge is 0.336 e. The molecule has 0 saturated heterocycles. The Kier molecular flexibility index (Phi) is 5.26. The summed E-state index contributed by atoms with van der Waals surface area (Å²) in [5.41, 5.74) is 3.58. The van der Waals surface area contributed by atoms with Gasteiger partial charge in [-0.1, -0.05) is 29.8 Å². The third kappa shape index (κ3) is 4.05. The van der Waals surface area contributed by atoms with Gasteiger partial charge in [0.1, 0.15) is 5.82 Å². The lowest BCUT2D eigenvalue weighted by atomic mass is 10.1. The van der Waals surface area contributed by atoms with E-state index >= 15 is 0 Å². The number of methoxy groups -OCH3 is 1. The molecule has 6 nitrogen and oxygen atoms in total. The first-order valence-corrected chi connectivity index (χ1v) is 9.29. The Morgan fingerprint density at radius 3 is 2.43 bits per heavy atom. The van der Waals surface area contributed by atoms with Crippen molar-refractivity contribution in [1.29, 1.82) is 0 Å². The summed E-state index contributed by atoms with van der Waals surface area (Å²) in [5.74, 6) is -0.108. The summed E-state index contributed by atoms with van der Waals surface area (Å²) in [5, 5.41) is 7.19. The van der Waals surface area contributed by atoms with Gasteiger partial charge in [0.25, 0.3) is 5.91 Å². The molecule has 4 rings (SSSR count). The van der Waals surface area contributed by atoms with Gasteiger partial charge in [0, 0.05) is 16.8 Å². The van der Waals surface area contributed by atoms with Crippen LogP contribution in [0.3, 0.4) is 0 Å². The zero-order chi connectivity index (χ0) is 21.1. The van der Waals surface area contributed by atoms with Crippen LogP contribution in [0.15, 0.2) is 72.8 Å². The van der Waals surface area contributed by atoms with Crippen molar-refractivity contribution in [2.24, 2.45) is 0 Å². The maximum absolute atomic E-state index is 13.7. The second kappa shape index (κ2) is 8.16. The maximum atomic E-state index is 13.7. The number of nitrogens with one attached hydrogen (secondary N) is 1. The summed E-state index contributed by atoms with van der Waals surface area (Å²) >= 11 is 0. The second-order valence-electron chi connectivity index (χ2n) is 6.71. The van der Waals surface area contributed by atoms with Gasteiger partial charge in [-0.05, 0) is 55.5 Å². The van der Waals surface area contributed by atoms with Gasteiger partial charge >= 0.3 is 6.01 Å². The van der Waals surface area contributed by atoms with Gasteiger partial charge in [-0.25, -0.2) is 9.07 Å². The largest absolute Gasteiger partial charge is 0.466 e. The van der Waals surface area contributed by atoms with Crippen molar-refractivity contribution in [1.82, 2.24) is 14.8 Å². The van der Waals surface area contributed by atoms with Crippen LogP contribution in [-0.4, -0.2) is 27.8 Å². The number of aromatic nitrogens is 3. The van der Waals surface area contributed by atoms with Gasteiger partial charge in [0.05, 0.1) is 12.8 Å². The molecule has 0 fully saturated rings. The van der Waals surface area contributed by atoms with Crippen molar-refractivity contribution in [3.63, 3.8) is 0 Å². The van der Waals surface area contributed by atoms with Gasteiger partial charge in [-0.15, -0.1) is 5.10 Å². The Morgan fingerprint density at radius 1 is 1.03 bits per heavy atom. The summed E-state index contributed by atoms with van der Waals surface area (Å²) in [6, 6.07) is 20.8. The number of amides is 1. The van der Waals surface area contributed by atoms with Crippen LogP contribution < -0.4 is 10.1 Å². The van der Waals surface area contributed by atoms with E-state index in [0.29, 0.717) is 28.3 Å². The Hall–Kier alpha value is -4.00. The third-order valence-electron chi connectivity index (χ3n) is 4.54. The highest BCUT2D eigenvalue weighted by Gasteiger charge is 2.15. The maximum Gasteiger partial charge on any atom is 0.336 e. The van der Waals surface area contributed by atoms with Crippen LogP contribution in [0.2, 0.25) is 0 Å². The monoisotopic (exact) mass is 402 g/mol. The Bertz CT molecular complexity index is 1180. The fourth-order valence-electron chi connectivity index (χ4n) is 2.97. The molecule has 0 radical (unpaired) electrons. The highest BCUT2D eigenvalue weighted by molar-refractivity contribution is 6.04. The Balaban J connectivity index is 1.60. The van der Waals surface area contributed by atoms with Gasteiger partial charge in [-0.3, -0.25) is 4.79 Å². The molecule has 4 aromatic rings. The van der Waals surface area contributed by atoms with E-state index in [1.54, 1.807) is 53.2 Å². The summed E-state index contributed by atoms with van der Waals surface area (Å²) in [6.45, 7) is 1.97. The molecule has 30 heavy (non-hydrogen) atoms. The van der Waals surface area contributed by atoms with Crippen LogP contribution in [0.4, 0.5) is 10.1 Å². The minimum absolute atomic E-state index is 0.172. The lowest BCUT2D eigenvalue weighted by molar-refractivity contribution is 0.102. The molecule has 3 aromatic carbocycles. The van der Waals surface area contributed by atoms with Crippen LogP contribution in [0, 0.1) is 12.7 Å². The van der Waals surface area contributed by atoms with Crippen molar-refractivity contribution in [2.45, 2.75) is 6.92 Å². The number of rotatable bonds is 5. The Labute approximate surface area is 173 Å². The molecule has 1 amide bonds. The summed E-state index contributed by atoms with van der Waals surface area (Å²) in [7, 11) is 1.47. The molecule has 1 heterocycles. The Morgan fingerprint density at radius 2 is 1.77 bits per heavy atom. The third-order valence-corrected chi connectivity index (χ3v) is 4.54. The first-order valence-electron chi connectivity index (χ1n) is 9.29. The zero-order valence-corrected chi connectivity index (χ0v) is 16.5. The number of carbonyl (C=O) groups excluding carboxylic acids is 1. The number of hydrogen-bond donors (Lipinski definition) is 1. The molecular formula is C23H19FN4O2. The van der Waals surface area contributed by atoms with Gasteiger partial charge in [0.15, 0.2) is 5.82 Å². The normalized spacial score (nSPS) is 10.6. The average Bonchev–Trinajstić information content (AvgIpc) is 3.19. The summed E-state index contributed by atoms with van der Waals surface area (Å²) < 4.78 is 20.4. The first kappa shape index (κ1) is 19.3. The molecule has 7 heteroatoms. The molecule has 0 spiro atoms. The molecular weight excluding hydrogens is 383 g/mol. The van der Waals surface area contributed by atoms with Crippen LogP contribution >= 0.6 is 0 Å². The van der Waals surface area contributed by atoms with E-state index in [4.69, 9.17) is 4.74 Å². The number of aryl methyl sites for hydroxylation is 1. The predicted octanol–water partition coefficient (Wildman–Crippen LogP) is 4.64. The SMILES string of the molecule is COc1nc(-c2cccc(F)c2)n(-c2ccc(NC(=O)c3ccc(C)cc3)cc2)n1. The van der Waals surface area contributed by atoms with Crippen molar-refractivity contribution < 1.29 is 13.9 Å². The number of ether oxygens (including phenoxy) is 1. The van der Waals surface area contributed by atoms with E-state index < -0.39 is 0 Å². The van der Waals surface area contributed by atoms with E-state index in [1.807, 2.05) is 19.1 Å². The second-order valence-corrected chi connectivity index (χ2v) is 6.71. The lowest BCUT2D eigenvalue weighted by Gasteiger charge is -2.09. The first-order chi connectivity index (χ1) is 14.5. The highest BCUT2D eigenvalue weighted by Crippen LogP contribution is 2.25. The quantitative estimate of drug-likeness (QED) is 0.528. The van der Waals surface area contributed by atoms with Crippen LogP contribution in [0.1, 0.15) is 15.9 Å². The van der Waals surface area contributed by atoms with Crippen molar-refractivity contribution in [2.75, 3.05) is 12.4 Å². The lowest BCUT2D eigenvalue weighted by Crippen LogP contribution is -2.11. The van der Waals surface area contributed by atoms with Crippen LogP contribution in [0.25, 0.3) is 17.1 Å². The number of carbonyl (C=O) groups is 1. The molecule has 1 N–H and O–H groups in total. The van der Waals surface area contributed by atoms with Gasteiger partial charge < -0.3 is 10.1 Å². The fourth-order valence-corrected chi connectivity index (χ4v) is 2.97. The van der Waals surface area contributed by atoms with Crippen molar-refractivity contribution in [3.8, 4) is 23.1 Å². The topological polar surface area (TPSA) is 69.0 Å². The molecule has 0 bridgehead atoms. The molecule has 0 unspecified atom stereocenters. The van der Waals surface area contributed by atoms with Crippen LogP contribution in [-0.2, 0) is 0 Å². The standard InChI is InChI=1S/C23H19FN4O2/c1-15-6-8-16(9-7-15)22(29)25-19-10-12-20(13-11-19)28-21(26-23(27-28)30-2)17-4-3-5-18(24)14-17/h3-14H,1-2H3,(H,25,29). The minimum atomic E-state index is -0.366. The minimum Gasteiger partial charge on any atom is -0.466 e. The van der Waals surface area contributed by atoms with Crippen LogP contribution in [0.5, 0.6) is 6.01 Å². The van der Waals surface area contributed by atoms with Gasteiger partial charge in [0.2, 0.25) is 0 Å². The number of nitrogens with zero attached hydrogens (tertiary/aromatic N) is 3. The van der Waals surface area contributed by atoms with Crippen molar-refractivity contribution in [3.05, 3.63) is 89.7 Å². The molecule has 0 aliphatic carbocycles. The molecule has 0 aliphatic heterocycles. The average molecular weight is 402 g/mol. The van der Waals surface area contributed by atoms with E-state index in [2.05, 4.69) is 15.4 Å². The molecule has 0 saturated carbocycles. The summed E-state index contributed by atoms with van der Waals surface area (Å²) in [6.07, 6.45) is 0. The number of anilines is 1. The van der Waals surface area contributed by atoms with Crippen molar-refractivity contribution >= 4 is 11.6 Å². The predicted molar refractivity (Wildman–Crippen MR) is 112 cm³/mol. The molecule has 0 atom stereocenters. The number of halogens is 1. The zero-order valence-electron chi connectivity index (χ0n) is 16.5. The van der Waals surface area contributed by atoms with E-state index in [9.17, 15) is 9.18 Å². The highest BCUT2D eigenvalue weighted by atomic mass is 19.1. The van der Waals surface area contributed by atoms with E-state index in [0.717, 1.165) is 5.56 Å². The van der Waals surface area contributed by atoms with Gasteiger partial charge in [-0.2, -0.15) is 4.98 Å². The van der Waals surface area contributed by atoms with E-state index in [1.165, 1.54) is 19.2 Å². The number of benzene rings is 3. The molecule has 1 aromatic heterocycles. The fraction of sp³-hybridized carbons (Fsp3) is 0.0870.